The maximum absolute atomic E-state index is 10.5. The molecule has 32 heavy (non-hydrogen) atoms. The van der Waals surface area contributed by atoms with Gasteiger partial charge in [0.05, 0.1) is 19.2 Å². The molecule has 6 heteroatoms. The molecule has 0 fully saturated rings. The third-order valence-electron chi connectivity index (χ3n) is 5.03. The highest BCUT2D eigenvalue weighted by atomic mass is 16.6. The Bertz CT molecular complexity index is 1030. The lowest BCUT2D eigenvalue weighted by Gasteiger charge is -2.07. The molecule has 0 unspecified atom stereocenters. The van der Waals surface area contributed by atoms with Gasteiger partial charge in [0.15, 0.2) is 0 Å². The SMILES string of the molecule is COc1ccc(-c2ccc(CO/N=C(\C)c3ccc(CNCCC(=O)O)cc3)cc2)cc1. The monoisotopic (exact) mass is 432 g/mol. The minimum atomic E-state index is -0.798. The second kappa shape index (κ2) is 11.7. The molecule has 0 radical (unpaired) electrons. The van der Waals surface area contributed by atoms with E-state index in [9.17, 15) is 4.79 Å². The predicted octanol–water partition coefficient (Wildman–Crippen LogP) is 4.87. The molecule has 6 nitrogen and oxygen atoms in total. The van der Waals surface area contributed by atoms with Crippen molar-refractivity contribution in [2.45, 2.75) is 26.5 Å². The lowest BCUT2D eigenvalue weighted by atomic mass is 10.0. The van der Waals surface area contributed by atoms with Crippen molar-refractivity contribution in [3.05, 3.63) is 89.5 Å². The molecule has 0 aliphatic heterocycles. The fraction of sp³-hybridized carbons (Fsp3) is 0.231. The third-order valence-corrected chi connectivity index (χ3v) is 5.03. The molecule has 166 valence electrons. The molecule has 3 rings (SSSR count). The van der Waals surface area contributed by atoms with Gasteiger partial charge in [0.25, 0.3) is 0 Å². The Morgan fingerprint density at radius 3 is 2.09 bits per heavy atom. The van der Waals surface area contributed by atoms with Gasteiger partial charge in [-0.25, -0.2) is 0 Å². The van der Waals surface area contributed by atoms with Crippen LogP contribution in [0.2, 0.25) is 0 Å². The van der Waals surface area contributed by atoms with Crippen LogP contribution < -0.4 is 10.1 Å². The zero-order valence-electron chi connectivity index (χ0n) is 18.4. The molecular weight excluding hydrogens is 404 g/mol. The number of ether oxygens (including phenoxy) is 1. The normalized spacial score (nSPS) is 11.2. The first-order valence-electron chi connectivity index (χ1n) is 10.5. The summed E-state index contributed by atoms with van der Waals surface area (Å²) in [4.78, 5) is 16.1. The van der Waals surface area contributed by atoms with Crippen LogP contribution in [-0.2, 0) is 22.8 Å². The molecule has 0 spiro atoms. The van der Waals surface area contributed by atoms with E-state index >= 15 is 0 Å². The molecule has 0 aliphatic carbocycles. The number of rotatable bonds is 11. The molecule has 0 saturated heterocycles. The lowest BCUT2D eigenvalue weighted by Crippen LogP contribution is -2.17. The van der Waals surface area contributed by atoms with Crippen molar-refractivity contribution in [2.75, 3.05) is 13.7 Å². The number of hydrogen-bond acceptors (Lipinski definition) is 5. The molecule has 0 heterocycles. The van der Waals surface area contributed by atoms with Crippen LogP contribution >= 0.6 is 0 Å². The first-order valence-corrected chi connectivity index (χ1v) is 10.5. The van der Waals surface area contributed by atoms with Gasteiger partial charge in [0.2, 0.25) is 0 Å². The van der Waals surface area contributed by atoms with Gasteiger partial charge < -0.3 is 20.0 Å². The Kier molecular flexibility index (Phi) is 8.40. The van der Waals surface area contributed by atoms with E-state index in [-0.39, 0.29) is 6.42 Å². The average molecular weight is 433 g/mol. The van der Waals surface area contributed by atoms with Crippen LogP contribution in [0.4, 0.5) is 0 Å². The minimum absolute atomic E-state index is 0.116. The van der Waals surface area contributed by atoms with Crippen LogP contribution in [0, 0.1) is 0 Å². The quantitative estimate of drug-likeness (QED) is 0.257. The largest absolute Gasteiger partial charge is 0.497 e. The summed E-state index contributed by atoms with van der Waals surface area (Å²) in [5.41, 5.74) is 6.17. The van der Waals surface area contributed by atoms with Crippen molar-refractivity contribution in [3.63, 3.8) is 0 Å². The average Bonchev–Trinajstić information content (AvgIpc) is 2.82. The Balaban J connectivity index is 1.49. The maximum atomic E-state index is 10.5. The molecule has 3 aromatic rings. The van der Waals surface area contributed by atoms with Crippen LogP contribution in [0.3, 0.4) is 0 Å². The molecular formula is C26H28N2O4. The Morgan fingerprint density at radius 1 is 0.906 bits per heavy atom. The summed E-state index contributed by atoms with van der Waals surface area (Å²) in [5.74, 6) is 0.0434. The number of oxime groups is 1. The summed E-state index contributed by atoms with van der Waals surface area (Å²) in [5, 5.41) is 16.0. The zero-order valence-corrected chi connectivity index (χ0v) is 18.4. The number of aliphatic carboxylic acids is 1. The third kappa shape index (κ3) is 6.96. The lowest BCUT2D eigenvalue weighted by molar-refractivity contribution is -0.136. The smallest absolute Gasteiger partial charge is 0.304 e. The molecule has 2 N–H and O–H groups in total. The first kappa shape index (κ1) is 23.0. The van der Waals surface area contributed by atoms with Crippen LogP contribution in [0.15, 0.2) is 78.0 Å². The van der Waals surface area contributed by atoms with Crippen LogP contribution in [0.25, 0.3) is 11.1 Å². The van der Waals surface area contributed by atoms with Gasteiger partial charge in [-0.1, -0.05) is 65.8 Å². The van der Waals surface area contributed by atoms with E-state index in [1.165, 1.54) is 0 Å². The van der Waals surface area contributed by atoms with Gasteiger partial charge in [-0.2, -0.15) is 0 Å². The van der Waals surface area contributed by atoms with E-state index < -0.39 is 5.97 Å². The summed E-state index contributed by atoms with van der Waals surface area (Å²) in [7, 11) is 1.66. The molecule has 0 atom stereocenters. The van der Waals surface area contributed by atoms with E-state index in [0.29, 0.717) is 19.7 Å². The standard InChI is InChI=1S/C26H28N2O4/c1-19(22-7-3-20(4-8-22)17-27-16-15-26(29)30)28-32-18-21-5-9-23(10-6-21)24-11-13-25(31-2)14-12-24/h3-14,27H,15-18H2,1-2H3,(H,29,30)/b28-19+. The van der Waals surface area contributed by atoms with Crippen molar-refractivity contribution in [1.82, 2.24) is 5.32 Å². The fourth-order valence-corrected chi connectivity index (χ4v) is 3.13. The molecule has 3 aromatic carbocycles. The van der Waals surface area contributed by atoms with E-state index in [0.717, 1.165) is 39.3 Å². The van der Waals surface area contributed by atoms with Crippen molar-refractivity contribution >= 4 is 11.7 Å². The second-order valence-electron chi connectivity index (χ2n) is 7.39. The Labute approximate surface area is 188 Å². The van der Waals surface area contributed by atoms with Gasteiger partial charge in [-0.15, -0.1) is 0 Å². The number of benzene rings is 3. The van der Waals surface area contributed by atoms with Crippen molar-refractivity contribution in [3.8, 4) is 16.9 Å². The maximum Gasteiger partial charge on any atom is 0.304 e. The molecule has 0 bridgehead atoms. The number of carboxylic acid groups (broad SMARTS) is 1. The number of nitrogens with zero attached hydrogens (tertiary/aromatic N) is 1. The van der Waals surface area contributed by atoms with Gasteiger partial charge in [-0.3, -0.25) is 4.79 Å². The highest BCUT2D eigenvalue weighted by molar-refractivity contribution is 5.98. The number of hydrogen-bond donors (Lipinski definition) is 2. The van der Waals surface area contributed by atoms with Crippen LogP contribution in [0.5, 0.6) is 5.75 Å². The molecule has 0 saturated carbocycles. The zero-order chi connectivity index (χ0) is 22.8. The van der Waals surface area contributed by atoms with Crippen molar-refractivity contribution in [2.24, 2.45) is 5.16 Å². The van der Waals surface area contributed by atoms with Gasteiger partial charge in [0.1, 0.15) is 12.4 Å². The van der Waals surface area contributed by atoms with Crippen molar-refractivity contribution < 1.29 is 19.5 Å². The number of carboxylic acids is 1. The van der Waals surface area contributed by atoms with E-state index in [4.69, 9.17) is 14.7 Å². The number of methoxy groups -OCH3 is 1. The Hall–Kier alpha value is -3.64. The summed E-state index contributed by atoms with van der Waals surface area (Å²) < 4.78 is 5.20. The molecule has 0 aromatic heterocycles. The van der Waals surface area contributed by atoms with Crippen LogP contribution in [0.1, 0.15) is 30.0 Å². The van der Waals surface area contributed by atoms with Crippen LogP contribution in [-0.4, -0.2) is 30.4 Å². The van der Waals surface area contributed by atoms with Gasteiger partial charge in [0, 0.05) is 13.1 Å². The van der Waals surface area contributed by atoms with Gasteiger partial charge >= 0.3 is 5.97 Å². The first-order chi connectivity index (χ1) is 15.5. The number of nitrogens with one attached hydrogen (secondary N) is 1. The topological polar surface area (TPSA) is 80.2 Å². The van der Waals surface area contributed by atoms with Gasteiger partial charge in [-0.05, 0) is 46.9 Å². The highest BCUT2D eigenvalue weighted by Gasteiger charge is 2.02. The summed E-state index contributed by atoms with van der Waals surface area (Å²) >= 11 is 0. The van der Waals surface area contributed by atoms with E-state index in [1.54, 1.807) is 7.11 Å². The summed E-state index contributed by atoms with van der Waals surface area (Å²) in [6, 6.07) is 24.2. The van der Waals surface area contributed by atoms with Crippen molar-refractivity contribution in [1.29, 1.82) is 0 Å². The minimum Gasteiger partial charge on any atom is -0.497 e. The highest BCUT2D eigenvalue weighted by Crippen LogP contribution is 2.23. The fourth-order valence-electron chi connectivity index (χ4n) is 3.13. The summed E-state index contributed by atoms with van der Waals surface area (Å²) in [6.07, 6.45) is 0.116. The second-order valence-corrected chi connectivity index (χ2v) is 7.39. The Morgan fingerprint density at radius 2 is 1.50 bits per heavy atom. The van der Waals surface area contributed by atoms with E-state index in [1.807, 2.05) is 67.6 Å². The molecule has 0 amide bonds. The predicted molar refractivity (Wildman–Crippen MR) is 126 cm³/mol. The summed E-state index contributed by atoms with van der Waals surface area (Å²) in [6.45, 7) is 3.39. The van der Waals surface area contributed by atoms with E-state index in [2.05, 4.69) is 22.6 Å². The number of carbonyl (C=O) groups is 1. The molecule has 0 aliphatic rings.